The Labute approximate surface area is 163 Å². The Bertz CT molecular complexity index is 996. The summed E-state index contributed by atoms with van der Waals surface area (Å²) in [6.45, 7) is 4.08. The Morgan fingerprint density at radius 1 is 1.14 bits per heavy atom. The molecule has 0 saturated heterocycles. The van der Waals surface area contributed by atoms with Crippen LogP contribution in [-0.2, 0) is 11.3 Å². The van der Waals surface area contributed by atoms with Gasteiger partial charge in [0.15, 0.2) is 28.4 Å². The highest BCUT2D eigenvalue weighted by Gasteiger charge is 2.22. The summed E-state index contributed by atoms with van der Waals surface area (Å²) in [7, 11) is 0. The van der Waals surface area contributed by atoms with Crippen molar-refractivity contribution in [1.82, 2.24) is 19.7 Å². The van der Waals surface area contributed by atoms with E-state index >= 15 is 0 Å². The molecule has 2 aromatic heterocycles. The number of benzene rings is 1. The van der Waals surface area contributed by atoms with E-state index in [9.17, 15) is 18.0 Å². The Morgan fingerprint density at radius 3 is 2.54 bits per heavy atom. The molecule has 0 saturated carbocycles. The minimum atomic E-state index is -1.63. The number of thioether (sulfide) groups is 1. The van der Waals surface area contributed by atoms with Gasteiger partial charge in [-0.2, -0.15) is 0 Å². The molecule has 1 atom stereocenters. The highest BCUT2D eigenvalue weighted by atomic mass is 32.2. The first kappa shape index (κ1) is 19.9. The Morgan fingerprint density at radius 2 is 1.86 bits per heavy atom. The molecule has 0 radical (unpaired) electrons. The van der Waals surface area contributed by atoms with Gasteiger partial charge in [-0.05, 0) is 38.1 Å². The molecule has 10 heteroatoms. The molecule has 3 aromatic rings. The molecule has 2 heterocycles. The fraction of sp³-hybridized carbons (Fsp3) is 0.222. The molecular formula is C18H16F3N5OS. The van der Waals surface area contributed by atoms with Crippen LogP contribution in [0.5, 0.6) is 0 Å². The molecule has 0 spiro atoms. The summed E-state index contributed by atoms with van der Waals surface area (Å²) in [6, 6.07) is 5.32. The topological polar surface area (TPSA) is 72.7 Å². The summed E-state index contributed by atoms with van der Waals surface area (Å²) < 4.78 is 41.9. The van der Waals surface area contributed by atoms with E-state index in [0.717, 1.165) is 29.5 Å². The summed E-state index contributed by atoms with van der Waals surface area (Å²) in [5.74, 6) is -4.34. The van der Waals surface area contributed by atoms with Gasteiger partial charge in [0.25, 0.3) is 0 Å². The highest BCUT2D eigenvalue weighted by Crippen LogP contribution is 2.28. The number of halogens is 3. The number of nitrogens with one attached hydrogen (secondary N) is 1. The minimum Gasteiger partial charge on any atom is -0.323 e. The first-order valence-electron chi connectivity index (χ1n) is 8.37. The molecule has 0 fully saturated rings. The first-order valence-corrected chi connectivity index (χ1v) is 9.25. The van der Waals surface area contributed by atoms with E-state index in [1.165, 1.54) is 0 Å². The van der Waals surface area contributed by atoms with Crippen LogP contribution >= 0.6 is 11.8 Å². The fourth-order valence-electron chi connectivity index (χ4n) is 2.44. The van der Waals surface area contributed by atoms with Gasteiger partial charge in [-0.3, -0.25) is 9.78 Å². The molecule has 1 aromatic carbocycles. The van der Waals surface area contributed by atoms with Gasteiger partial charge in [0.1, 0.15) is 0 Å². The summed E-state index contributed by atoms with van der Waals surface area (Å²) in [5.41, 5.74) is 0.406. The molecule has 3 rings (SSSR count). The molecule has 1 amide bonds. The SMILES string of the molecule is CCn1c(S[C@H](C)C(=O)Nc2ccc(F)c(F)c2F)nnc1-c1ccncc1. The van der Waals surface area contributed by atoms with Crippen LogP contribution in [0.3, 0.4) is 0 Å². The predicted octanol–water partition coefficient (Wildman–Crippen LogP) is 3.90. The van der Waals surface area contributed by atoms with Crippen molar-refractivity contribution in [3.8, 4) is 11.4 Å². The van der Waals surface area contributed by atoms with E-state index in [1.807, 2.05) is 11.5 Å². The fourth-order valence-corrected chi connectivity index (χ4v) is 3.36. The molecule has 1 N–H and O–H groups in total. The lowest BCUT2D eigenvalue weighted by Gasteiger charge is -2.13. The quantitative estimate of drug-likeness (QED) is 0.496. The summed E-state index contributed by atoms with van der Waals surface area (Å²) in [5, 5.41) is 10.4. The van der Waals surface area contributed by atoms with E-state index < -0.39 is 34.3 Å². The van der Waals surface area contributed by atoms with Gasteiger partial charge in [-0.25, -0.2) is 13.2 Å². The van der Waals surface area contributed by atoms with Crippen LogP contribution in [0.4, 0.5) is 18.9 Å². The standard InChI is InChI=1S/C18H16F3N5OS/c1-3-26-16(11-6-8-22-9-7-11)24-25-18(26)28-10(2)17(27)23-13-5-4-12(19)14(20)15(13)21/h4-10H,3H2,1-2H3,(H,23,27)/t10-/m1/s1. The van der Waals surface area contributed by atoms with Crippen molar-refractivity contribution in [2.45, 2.75) is 30.8 Å². The maximum absolute atomic E-state index is 13.8. The van der Waals surface area contributed by atoms with Gasteiger partial charge >= 0.3 is 0 Å². The zero-order chi connectivity index (χ0) is 20.3. The first-order chi connectivity index (χ1) is 13.4. The lowest BCUT2D eigenvalue weighted by atomic mass is 10.2. The van der Waals surface area contributed by atoms with E-state index in [2.05, 4.69) is 20.5 Å². The number of amides is 1. The maximum atomic E-state index is 13.8. The van der Waals surface area contributed by atoms with E-state index in [-0.39, 0.29) is 0 Å². The molecule has 0 aliphatic heterocycles. The van der Waals surface area contributed by atoms with Crippen molar-refractivity contribution < 1.29 is 18.0 Å². The lowest BCUT2D eigenvalue weighted by Crippen LogP contribution is -2.23. The Balaban J connectivity index is 1.76. The molecule has 0 aliphatic rings. The summed E-state index contributed by atoms with van der Waals surface area (Å²) >= 11 is 1.12. The van der Waals surface area contributed by atoms with Crippen molar-refractivity contribution in [3.05, 3.63) is 54.1 Å². The van der Waals surface area contributed by atoms with Gasteiger partial charge in [0, 0.05) is 24.5 Å². The third-order valence-electron chi connectivity index (χ3n) is 3.92. The van der Waals surface area contributed by atoms with Crippen molar-refractivity contribution in [2.24, 2.45) is 0 Å². The number of nitrogens with zero attached hydrogens (tertiary/aromatic N) is 4. The number of aromatic nitrogens is 4. The molecule has 6 nitrogen and oxygen atoms in total. The van der Waals surface area contributed by atoms with Gasteiger partial charge in [0.2, 0.25) is 5.91 Å². The number of carbonyl (C=O) groups excluding carboxylic acids is 1. The second kappa shape index (κ2) is 8.42. The van der Waals surface area contributed by atoms with Gasteiger partial charge in [0.05, 0.1) is 10.9 Å². The molecule has 0 unspecified atom stereocenters. The van der Waals surface area contributed by atoms with Crippen LogP contribution in [0.2, 0.25) is 0 Å². The number of hydrogen-bond acceptors (Lipinski definition) is 5. The monoisotopic (exact) mass is 407 g/mol. The van der Waals surface area contributed by atoms with E-state index in [1.54, 1.807) is 31.5 Å². The number of hydrogen-bond donors (Lipinski definition) is 1. The van der Waals surface area contributed by atoms with Crippen LogP contribution < -0.4 is 5.32 Å². The largest absolute Gasteiger partial charge is 0.323 e. The van der Waals surface area contributed by atoms with Crippen LogP contribution in [-0.4, -0.2) is 30.9 Å². The number of anilines is 1. The number of carbonyl (C=O) groups is 1. The van der Waals surface area contributed by atoms with Crippen LogP contribution in [0.25, 0.3) is 11.4 Å². The third-order valence-corrected chi connectivity index (χ3v) is 5.00. The average molecular weight is 407 g/mol. The molecule has 0 aliphatic carbocycles. The normalized spacial score (nSPS) is 12.0. The average Bonchev–Trinajstić information content (AvgIpc) is 3.11. The van der Waals surface area contributed by atoms with E-state index in [0.29, 0.717) is 17.5 Å². The lowest BCUT2D eigenvalue weighted by molar-refractivity contribution is -0.115. The predicted molar refractivity (Wildman–Crippen MR) is 99.2 cm³/mol. The molecule has 0 bridgehead atoms. The smallest absolute Gasteiger partial charge is 0.237 e. The molecular weight excluding hydrogens is 391 g/mol. The highest BCUT2D eigenvalue weighted by molar-refractivity contribution is 8.00. The Hall–Kier alpha value is -2.88. The summed E-state index contributed by atoms with van der Waals surface area (Å²) in [4.78, 5) is 16.3. The van der Waals surface area contributed by atoms with Gasteiger partial charge in [-0.1, -0.05) is 11.8 Å². The van der Waals surface area contributed by atoms with Crippen molar-refractivity contribution in [1.29, 1.82) is 0 Å². The van der Waals surface area contributed by atoms with Crippen LogP contribution in [0, 0.1) is 17.5 Å². The molecule has 146 valence electrons. The van der Waals surface area contributed by atoms with Gasteiger partial charge < -0.3 is 9.88 Å². The minimum absolute atomic E-state index is 0.425. The number of pyridine rings is 1. The molecule has 28 heavy (non-hydrogen) atoms. The summed E-state index contributed by atoms with van der Waals surface area (Å²) in [6.07, 6.45) is 3.28. The second-order valence-corrected chi connectivity index (χ2v) is 7.07. The maximum Gasteiger partial charge on any atom is 0.237 e. The van der Waals surface area contributed by atoms with Crippen molar-refractivity contribution >= 4 is 23.4 Å². The Kier molecular flexibility index (Phi) is 5.98. The zero-order valence-corrected chi connectivity index (χ0v) is 15.8. The third kappa shape index (κ3) is 4.01. The van der Waals surface area contributed by atoms with E-state index in [4.69, 9.17) is 0 Å². The second-order valence-electron chi connectivity index (χ2n) is 5.76. The van der Waals surface area contributed by atoms with Gasteiger partial charge in [-0.15, -0.1) is 10.2 Å². The zero-order valence-electron chi connectivity index (χ0n) is 15.0. The van der Waals surface area contributed by atoms with Crippen molar-refractivity contribution in [2.75, 3.05) is 5.32 Å². The van der Waals surface area contributed by atoms with Crippen LogP contribution in [0.1, 0.15) is 13.8 Å². The number of rotatable bonds is 6. The van der Waals surface area contributed by atoms with Crippen molar-refractivity contribution in [3.63, 3.8) is 0 Å². The van der Waals surface area contributed by atoms with Crippen LogP contribution in [0.15, 0.2) is 41.8 Å².